The zero-order valence-corrected chi connectivity index (χ0v) is 10.8. The second kappa shape index (κ2) is 5.80. The van der Waals surface area contributed by atoms with E-state index >= 15 is 0 Å². The Hall–Kier alpha value is -1.16. The van der Waals surface area contributed by atoms with Gasteiger partial charge in [-0.25, -0.2) is 0 Å². The van der Waals surface area contributed by atoms with E-state index in [1.165, 1.54) is 0 Å². The zero-order chi connectivity index (χ0) is 12.1. The lowest BCUT2D eigenvalue weighted by Gasteiger charge is -2.06. The van der Waals surface area contributed by atoms with Crippen LogP contribution in [0.5, 0.6) is 0 Å². The lowest BCUT2D eigenvalue weighted by atomic mass is 10.0. The number of halogens is 1. The number of hydrogen-bond acceptors (Lipinski definition) is 2. The minimum Gasteiger partial charge on any atom is -0.258 e. The largest absolute Gasteiger partial charge is 0.276 e. The molecule has 0 aliphatic heterocycles. The molecule has 0 fully saturated rings. The third kappa shape index (κ3) is 2.92. The number of aryl methyl sites for hydroxylation is 1. The van der Waals surface area contributed by atoms with Gasteiger partial charge in [-0.1, -0.05) is 28.1 Å². The first-order valence-corrected chi connectivity index (χ1v) is 5.90. The second-order valence-corrected chi connectivity index (χ2v) is 4.47. The third-order valence-electron chi connectivity index (χ3n) is 2.49. The summed E-state index contributed by atoms with van der Waals surface area (Å²) in [5.74, 6) is 0. The van der Waals surface area contributed by atoms with Crippen LogP contribution in [0, 0.1) is 17.0 Å². The van der Waals surface area contributed by atoms with Crippen molar-refractivity contribution in [2.75, 3.05) is 0 Å². The topological polar surface area (TPSA) is 43.1 Å². The highest BCUT2D eigenvalue weighted by atomic mass is 79.9. The van der Waals surface area contributed by atoms with E-state index in [-0.39, 0.29) is 10.6 Å². The van der Waals surface area contributed by atoms with E-state index in [2.05, 4.69) is 22.5 Å². The van der Waals surface area contributed by atoms with Crippen LogP contribution in [0.25, 0.3) is 0 Å². The molecule has 0 bridgehead atoms. The van der Waals surface area contributed by atoms with Crippen molar-refractivity contribution in [3.8, 4) is 0 Å². The summed E-state index contributed by atoms with van der Waals surface area (Å²) in [6, 6.07) is 3.68. The Labute approximate surface area is 103 Å². The van der Waals surface area contributed by atoms with Gasteiger partial charge in [-0.15, -0.1) is 6.58 Å². The maximum Gasteiger partial charge on any atom is 0.276 e. The Kier molecular flexibility index (Phi) is 4.68. The summed E-state index contributed by atoms with van der Waals surface area (Å²) in [5, 5.41) is 11.0. The van der Waals surface area contributed by atoms with Crippen LogP contribution in [0.4, 0.5) is 5.69 Å². The van der Waals surface area contributed by atoms with E-state index in [0.29, 0.717) is 5.56 Å². The molecule has 0 saturated heterocycles. The van der Waals surface area contributed by atoms with Gasteiger partial charge in [0.25, 0.3) is 5.69 Å². The van der Waals surface area contributed by atoms with Crippen molar-refractivity contribution in [1.29, 1.82) is 0 Å². The summed E-state index contributed by atoms with van der Waals surface area (Å²) in [4.78, 5) is 10.7. The fourth-order valence-electron chi connectivity index (χ4n) is 1.62. The summed E-state index contributed by atoms with van der Waals surface area (Å²) in [7, 11) is 0. The van der Waals surface area contributed by atoms with Crippen LogP contribution in [-0.2, 0) is 6.42 Å². The summed E-state index contributed by atoms with van der Waals surface area (Å²) >= 11 is 3.31. The molecule has 0 aliphatic carbocycles. The molecule has 1 aromatic rings. The van der Waals surface area contributed by atoms with Crippen LogP contribution < -0.4 is 0 Å². The molecule has 4 heteroatoms. The monoisotopic (exact) mass is 283 g/mol. The third-order valence-corrected chi connectivity index (χ3v) is 3.34. The fraction of sp³-hybridized carbons (Fsp3) is 0.333. The maximum atomic E-state index is 11.0. The van der Waals surface area contributed by atoms with Gasteiger partial charge in [0.2, 0.25) is 0 Å². The molecule has 0 spiro atoms. The standard InChI is InChI=1S/C12H14BrNO2/c1-3-4-5-6-10-7-8-11(13)9(2)12(10)14(15)16/h3,7-8H,1,4-6H2,2H3. The molecule has 0 heterocycles. The number of unbranched alkanes of at least 4 members (excludes halogenated alkanes) is 1. The van der Waals surface area contributed by atoms with Crippen LogP contribution >= 0.6 is 15.9 Å². The zero-order valence-electron chi connectivity index (χ0n) is 9.20. The molecule has 0 N–H and O–H groups in total. The van der Waals surface area contributed by atoms with Crippen molar-refractivity contribution in [3.63, 3.8) is 0 Å². The van der Waals surface area contributed by atoms with Crippen molar-refractivity contribution in [1.82, 2.24) is 0 Å². The molecule has 0 aliphatic rings. The quantitative estimate of drug-likeness (QED) is 0.352. The predicted octanol–water partition coefficient (Wildman–Crippen LogP) is 4.17. The van der Waals surface area contributed by atoms with Gasteiger partial charge in [-0.2, -0.15) is 0 Å². The van der Waals surface area contributed by atoms with Gasteiger partial charge in [-0.3, -0.25) is 10.1 Å². The Bertz CT molecular complexity index is 416. The predicted molar refractivity (Wildman–Crippen MR) is 68.7 cm³/mol. The van der Waals surface area contributed by atoms with Gasteiger partial charge in [-0.05, 0) is 32.3 Å². The molecular weight excluding hydrogens is 270 g/mol. The summed E-state index contributed by atoms with van der Waals surface area (Å²) in [6.07, 6.45) is 4.33. The van der Waals surface area contributed by atoms with Gasteiger partial charge in [0.05, 0.1) is 4.92 Å². The molecule has 16 heavy (non-hydrogen) atoms. The first kappa shape index (κ1) is 12.9. The van der Waals surface area contributed by atoms with Gasteiger partial charge >= 0.3 is 0 Å². The number of rotatable bonds is 5. The molecule has 3 nitrogen and oxygen atoms in total. The van der Waals surface area contributed by atoms with Crippen LogP contribution in [0.2, 0.25) is 0 Å². The van der Waals surface area contributed by atoms with Gasteiger partial charge in [0, 0.05) is 15.6 Å². The minimum absolute atomic E-state index is 0.235. The number of nitro benzene ring substituents is 1. The first-order chi connectivity index (χ1) is 7.57. The normalized spacial score (nSPS) is 10.1. The number of allylic oxidation sites excluding steroid dienone is 1. The van der Waals surface area contributed by atoms with Crippen LogP contribution in [0.3, 0.4) is 0 Å². The van der Waals surface area contributed by atoms with Gasteiger partial charge in [0.1, 0.15) is 0 Å². The van der Waals surface area contributed by atoms with Gasteiger partial charge in [0.15, 0.2) is 0 Å². The average molecular weight is 284 g/mol. The number of hydrogen-bond donors (Lipinski definition) is 0. The molecule has 86 valence electrons. The molecule has 0 atom stereocenters. The Balaban J connectivity index is 3.03. The van der Waals surface area contributed by atoms with Crippen molar-refractivity contribution < 1.29 is 4.92 Å². The average Bonchev–Trinajstić information content (AvgIpc) is 2.23. The van der Waals surface area contributed by atoms with Crippen LogP contribution in [0.1, 0.15) is 24.0 Å². The van der Waals surface area contributed by atoms with E-state index in [0.717, 1.165) is 29.3 Å². The van der Waals surface area contributed by atoms with Crippen LogP contribution in [0.15, 0.2) is 29.3 Å². The van der Waals surface area contributed by atoms with E-state index < -0.39 is 0 Å². The molecule has 0 aromatic heterocycles. The SMILES string of the molecule is C=CCCCc1ccc(Br)c(C)c1[N+](=O)[O-]. The second-order valence-electron chi connectivity index (χ2n) is 3.62. The Morgan fingerprint density at radius 1 is 1.56 bits per heavy atom. The molecule has 1 aromatic carbocycles. The lowest BCUT2D eigenvalue weighted by Crippen LogP contribution is -1.99. The van der Waals surface area contributed by atoms with Crippen LogP contribution in [-0.4, -0.2) is 4.92 Å². The summed E-state index contributed by atoms with van der Waals surface area (Å²) in [5.41, 5.74) is 1.73. The summed E-state index contributed by atoms with van der Waals surface area (Å²) < 4.78 is 0.784. The van der Waals surface area contributed by atoms with E-state index in [1.807, 2.05) is 18.2 Å². The fourth-order valence-corrected chi connectivity index (χ4v) is 1.94. The van der Waals surface area contributed by atoms with E-state index in [9.17, 15) is 10.1 Å². The number of benzene rings is 1. The summed E-state index contributed by atoms with van der Waals surface area (Å²) in [6.45, 7) is 5.40. The van der Waals surface area contributed by atoms with Crippen molar-refractivity contribution >= 4 is 21.6 Å². The highest BCUT2D eigenvalue weighted by molar-refractivity contribution is 9.10. The van der Waals surface area contributed by atoms with Crippen molar-refractivity contribution in [2.45, 2.75) is 26.2 Å². The Morgan fingerprint density at radius 3 is 2.81 bits per heavy atom. The van der Waals surface area contributed by atoms with E-state index in [1.54, 1.807) is 6.92 Å². The lowest BCUT2D eigenvalue weighted by molar-refractivity contribution is -0.386. The number of nitro groups is 1. The number of nitrogens with zero attached hydrogens (tertiary/aromatic N) is 1. The highest BCUT2D eigenvalue weighted by Crippen LogP contribution is 2.30. The highest BCUT2D eigenvalue weighted by Gasteiger charge is 2.18. The Morgan fingerprint density at radius 2 is 2.25 bits per heavy atom. The van der Waals surface area contributed by atoms with Gasteiger partial charge < -0.3 is 0 Å². The molecule has 0 radical (unpaired) electrons. The molecule has 0 saturated carbocycles. The molecule has 0 amide bonds. The first-order valence-electron chi connectivity index (χ1n) is 5.11. The van der Waals surface area contributed by atoms with E-state index in [4.69, 9.17) is 0 Å². The molecule has 0 unspecified atom stereocenters. The van der Waals surface area contributed by atoms with Crippen molar-refractivity contribution in [2.24, 2.45) is 0 Å². The molecule has 1 rings (SSSR count). The smallest absolute Gasteiger partial charge is 0.258 e. The molecular formula is C12H14BrNO2. The van der Waals surface area contributed by atoms with Crippen molar-refractivity contribution in [3.05, 3.63) is 50.5 Å². The minimum atomic E-state index is -0.302. The maximum absolute atomic E-state index is 11.0.